The van der Waals surface area contributed by atoms with Crippen LogP contribution in [0.15, 0.2) is 155 Å². The molecule has 0 spiro atoms. The average molecular weight is 573 g/mol. The van der Waals surface area contributed by atoms with Gasteiger partial charge in [-0.1, -0.05) is 97.1 Å². The maximum atomic E-state index is 14.0. The number of hydrogen-bond donors (Lipinski definition) is 0. The van der Waals surface area contributed by atoms with Gasteiger partial charge in [-0.05, 0) is 76.2 Å². The molecular weight excluding hydrogens is 548 g/mol. The van der Waals surface area contributed by atoms with Gasteiger partial charge in [0.05, 0.1) is 32.8 Å². The Morgan fingerprint density at radius 1 is 0.558 bits per heavy atom. The van der Waals surface area contributed by atoms with Crippen molar-refractivity contribution < 1.29 is 8.42 Å². The van der Waals surface area contributed by atoms with E-state index in [9.17, 15) is 8.42 Å². The fourth-order valence-electron chi connectivity index (χ4n) is 6.93. The molecule has 5 heteroatoms. The van der Waals surface area contributed by atoms with Crippen molar-refractivity contribution in [1.29, 1.82) is 0 Å². The minimum absolute atomic E-state index is 0.319. The molecule has 4 nitrogen and oxygen atoms in total. The monoisotopic (exact) mass is 572 g/mol. The molecule has 0 fully saturated rings. The molecule has 1 aliphatic rings. The second kappa shape index (κ2) is 9.29. The van der Waals surface area contributed by atoms with Crippen LogP contribution in [-0.4, -0.2) is 13.0 Å². The van der Waals surface area contributed by atoms with Gasteiger partial charge in [0.25, 0.3) is 0 Å². The quantitative estimate of drug-likeness (QED) is 0.199. The Morgan fingerprint density at radius 3 is 1.72 bits per heavy atom. The fraction of sp³-hybridized carbons (Fsp3) is 0.0263. The summed E-state index contributed by atoms with van der Waals surface area (Å²) in [6.07, 6.45) is 0. The Bertz CT molecular complexity index is 2310. The van der Waals surface area contributed by atoms with Crippen LogP contribution in [0.4, 0.5) is 5.69 Å². The number of nitrogens with zero attached hydrogens (tertiary/aromatic N) is 2. The number of para-hydroxylation sites is 1. The SMILES string of the molecule is [C-]#[N+]c1ccc2c(c1)c1cc(C3(c4ccccc4)c4ccccc4S(=O)(=O)c4ccccc43)ccc1n2-c1ccccc1. The molecule has 204 valence electrons. The molecule has 43 heavy (non-hydrogen) atoms. The topological polar surface area (TPSA) is 43.4 Å². The summed E-state index contributed by atoms with van der Waals surface area (Å²) in [6.45, 7) is 7.70. The number of aromatic nitrogens is 1. The van der Waals surface area contributed by atoms with E-state index in [1.165, 1.54) is 0 Å². The summed E-state index contributed by atoms with van der Waals surface area (Å²) in [7, 11) is -3.74. The highest BCUT2D eigenvalue weighted by atomic mass is 32.2. The van der Waals surface area contributed by atoms with Gasteiger partial charge in [0, 0.05) is 11.1 Å². The van der Waals surface area contributed by atoms with Crippen LogP contribution in [0.1, 0.15) is 22.3 Å². The van der Waals surface area contributed by atoms with E-state index >= 15 is 0 Å². The van der Waals surface area contributed by atoms with Crippen molar-refractivity contribution in [2.24, 2.45) is 0 Å². The molecule has 0 amide bonds. The normalized spacial score (nSPS) is 14.6. The van der Waals surface area contributed by atoms with Crippen molar-refractivity contribution in [3.8, 4) is 5.69 Å². The third kappa shape index (κ3) is 3.45. The molecule has 0 radical (unpaired) electrons. The van der Waals surface area contributed by atoms with E-state index in [1.54, 1.807) is 24.3 Å². The van der Waals surface area contributed by atoms with Crippen LogP contribution >= 0.6 is 0 Å². The van der Waals surface area contributed by atoms with E-state index in [4.69, 9.17) is 6.57 Å². The molecule has 0 saturated heterocycles. The average Bonchev–Trinajstić information content (AvgIpc) is 3.39. The van der Waals surface area contributed by atoms with Crippen LogP contribution in [0, 0.1) is 6.57 Å². The molecule has 0 aliphatic carbocycles. The predicted octanol–water partition coefficient (Wildman–Crippen LogP) is 8.86. The summed E-state index contributed by atoms with van der Waals surface area (Å²) >= 11 is 0. The van der Waals surface area contributed by atoms with E-state index in [1.807, 2.05) is 78.9 Å². The standard InChI is InChI=1S/C38H24N2O2S/c1-39-28-21-23-35-31(25-28)30-24-27(20-22-34(30)40(35)29-14-6-3-7-15-29)38(26-12-4-2-5-13-26)32-16-8-10-18-36(32)43(41,42)37-19-11-9-17-33(37)38/h2-25H. The van der Waals surface area contributed by atoms with Crippen molar-refractivity contribution in [2.45, 2.75) is 15.2 Å². The first kappa shape index (κ1) is 25.3. The van der Waals surface area contributed by atoms with Crippen LogP contribution in [0.25, 0.3) is 32.3 Å². The Hall–Kier alpha value is -5.44. The Kier molecular flexibility index (Phi) is 5.46. The first-order valence-electron chi connectivity index (χ1n) is 14.1. The summed E-state index contributed by atoms with van der Waals surface area (Å²) in [4.78, 5) is 4.37. The van der Waals surface area contributed by atoms with Crippen LogP contribution in [0.3, 0.4) is 0 Å². The number of rotatable bonds is 3. The number of benzene rings is 6. The first-order valence-corrected chi connectivity index (χ1v) is 15.5. The molecule has 0 unspecified atom stereocenters. The smallest absolute Gasteiger partial charge is 0.207 e. The lowest BCUT2D eigenvalue weighted by Crippen LogP contribution is -2.37. The Labute approximate surface area is 249 Å². The van der Waals surface area contributed by atoms with Gasteiger partial charge in [-0.3, -0.25) is 0 Å². The van der Waals surface area contributed by atoms with Crippen molar-refractivity contribution in [1.82, 2.24) is 4.57 Å². The lowest BCUT2D eigenvalue weighted by Gasteiger charge is -2.41. The summed E-state index contributed by atoms with van der Waals surface area (Å²) in [5.41, 5.74) is 6.13. The van der Waals surface area contributed by atoms with Crippen molar-refractivity contribution in [2.75, 3.05) is 0 Å². The van der Waals surface area contributed by atoms with Gasteiger partial charge in [0.15, 0.2) is 5.69 Å². The van der Waals surface area contributed by atoms with E-state index in [0.29, 0.717) is 15.5 Å². The maximum absolute atomic E-state index is 14.0. The molecule has 1 aromatic heterocycles. The van der Waals surface area contributed by atoms with Gasteiger partial charge in [-0.25, -0.2) is 13.3 Å². The second-order valence-electron chi connectivity index (χ2n) is 10.8. The van der Waals surface area contributed by atoms with Crippen molar-refractivity contribution in [3.63, 3.8) is 0 Å². The molecule has 0 N–H and O–H groups in total. The summed E-state index contributed by atoms with van der Waals surface area (Å²) in [6, 6.07) is 47.4. The third-order valence-electron chi connectivity index (χ3n) is 8.69. The zero-order valence-corrected chi connectivity index (χ0v) is 23.8. The van der Waals surface area contributed by atoms with E-state index in [0.717, 1.165) is 49.7 Å². The van der Waals surface area contributed by atoms with Crippen molar-refractivity contribution >= 4 is 37.3 Å². The molecule has 8 rings (SSSR count). The third-order valence-corrected chi connectivity index (χ3v) is 10.6. The van der Waals surface area contributed by atoms with Crippen molar-refractivity contribution in [3.05, 3.63) is 179 Å². The molecule has 1 aliphatic heterocycles. The lowest BCUT2D eigenvalue weighted by atomic mass is 9.64. The van der Waals surface area contributed by atoms with E-state index in [2.05, 4.69) is 51.9 Å². The lowest BCUT2D eigenvalue weighted by molar-refractivity contribution is 0.579. The van der Waals surface area contributed by atoms with Crippen LogP contribution in [0.2, 0.25) is 0 Å². The highest BCUT2D eigenvalue weighted by molar-refractivity contribution is 7.91. The van der Waals surface area contributed by atoms with Crippen LogP contribution in [-0.2, 0) is 15.3 Å². The van der Waals surface area contributed by atoms with Gasteiger partial charge >= 0.3 is 0 Å². The molecule has 6 aromatic carbocycles. The minimum atomic E-state index is -3.74. The fourth-order valence-corrected chi connectivity index (χ4v) is 8.70. The van der Waals surface area contributed by atoms with Crippen LogP contribution < -0.4 is 0 Å². The Balaban J connectivity index is 1.55. The van der Waals surface area contributed by atoms with Gasteiger partial charge < -0.3 is 4.57 Å². The van der Waals surface area contributed by atoms with Crippen LogP contribution in [0.5, 0.6) is 0 Å². The molecular formula is C38H24N2O2S. The first-order chi connectivity index (χ1) is 21.0. The number of sulfone groups is 1. The van der Waals surface area contributed by atoms with Gasteiger partial charge in [-0.2, -0.15) is 0 Å². The summed E-state index contributed by atoms with van der Waals surface area (Å²) in [5, 5.41) is 1.97. The Morgan fingerprint density at radius 2 is 1.09 bits per heavy atom. The molecule has 0 saturated carbocycles. The molecule has 2 heterocycles. The second-order valence-corrected chi connectivity index (χ2v) is 12.7. The number of hydrogen-bond acceptors (Lipinski definition) is 2. The van der Waals surface area contributed by atoms with E-state index < -0.39 is 15.3 Å². The molecule has 7 aromatic rings. The largest absolute Gasteiger partial charge is 0.309 e. The van der Waals surface area contributed by atoms with Gasteiger partial charge in [-0.15, -0.1) is 0 Å². The van der Waals surface area contributed by atoms with Gasteiger partial charge in [0.2, 0.25) is 9.84 Å². The van der Waals surface area contributed by atoms with E-state index in [-0.39, 0.29) is 0 Å². The highest BCUT2D eigenvalue weighted by Gasteiger charge is 2.48. The maximum Gasteiger partial charge on any atom is 0.207 e. The molecule has 0 bridgehead atoms. The molecule has 0 atom stereocenters. The zero-order valence-electron chi connectivity index (χ0n) is 23.0. The summed E-state index contributed by atoms with van der Waals surface area (Å²) < 4.78 is 30.3. The predicted molar refractivity (Wildman–Crippen MR) is 171 cm³/mol. The number of fused-ring (bicyclic) bond motifs is 5. The minimum Gasteiger partial charge on any atom is -0.309 e. The highest BCUT2D eigenvalue weighted by Crippen LogP contribution is 2.54. The van der Waals surface area contributed by atoms with Gasteiger partial charge in [0.1, 0.15) is 0 Å². The summed E-state index contributed by atoms with van der Waals surface area (Å²) in [5.74, 6) is 0. The zero-order chi connectivity index (χ0) is 29.2.